The van der Waals surface area contributed by atoms with Gasteiger partial charge in [-0.3, -0.25) is 4.79 Å². The number of amides is 1. The Morgan fingerprint density at radius 2 is 1.97 bits per heavy atom. The zero-order valence-electron chi connectivity index (χ0n) is 20.5. The number of halogens is 3. The van der Waals surface area contributed by atoms with Gasteiger partial charge in [-0.1, -0.05) is 10.4 Å². The molecule has 0 aliphatic carbocycles. The van der Waals surface area contributed by atoms with E-state index in [0.717, 1.165) is 24.3 Å². The second-order valence-corrected chi connectivity index (χ2v) is 9.70. The highest BCUT2D eigenvalue weighted by Gasteiger charge is 2.48. The van der Waals surface area contributed by atoms with Gasteiger partial charge in [0, 0.05) is 44.4 Å². The molecule has 0 bridgehead atoms. The molecule has 3 aliphatic rings. The first-order valence-corrected chi connectivity index (χ1v) is 12.3. The molecule has 2 aromatic rings. The number of carbonyl (C=O) groups excluding carboxylic acids is 1. The van der Waals surface area contributed by atoms with Crippen molar-refractivity contribution in [1.82, 2.24) is 20.3 Å². The molecule has 38 heavy (non-hydrogen) atoms. The zero-order valence-corrected chi connectivity index (χ0v) is 20.5. The van der Waals surface area contributed by atoms with Crippen molar-refractivity contribution in [3.63, 3.8) is 0 Å². The van der Waals surface area contributed by atoms with Crippen LogP contribution in [0.3, 0.4) is 0 Å². The van der Waals surface area contributed by atoms with Gasteiger partial charge in [-0.15, -0.1) is 5.10 Å². The van der Waals surface area contributed by atoms with E-state index in [4.69, 9.17) is 14.3 Å². The SMILES string of the molecule is CO[C@@H]1[C@@H](n2cc(-c3cc(F)c(F)c(F)c3)nn2)[C@@H](O)[C@@H](CO)O[C@@H]1C[C@H]1CC([C@@H]2CCNC(=O)C2)=NO1. The molecule has 0 saturated carbocycles. The van der Waals surface area contributed by atoms with E-state index in [9.17, 15) is 28.2 Å². The zero-order chi connectivity index (χ0) is 27.0. The van der Waals surface area contributed by atoms with E-state index in [0.29, 0.717) is 25.8 Å². The normalized spacial score (nSPS) is 31.6. The summed E-state index contributed by atoms with van der Waals surface area (Å²) < 4.78 is 53.9. The smallest absolute Gasteiger partial charge is 0.220 e. The molecule has 2 saturated heterocycles. The highest BCUT2D eigenvalue weighted by atomic mass is 19.2. The number of ether oxygens (including phenoxy) is 2. The molecule has 3 N–H and O–H groups in total. The Balaban J connectivity index is 1.34. The van der Waals surface area contributed by atoms with Crippen LogP contribution in [-0.2, 0) is 19.1 Å². The summed E-state index contributed by atoms with van der Waals surface area (Å²) >= 11 is 0. The average Bonchev–Trinajstić information content (AvgIpc) is 3.58. The lowest BCUT2D eigenvalue weighted by atomic mass is 9.86. The lowest BCUT2D eigenvalue weighted by Gasteiger charge is -2.44. The molecule has 3 aliphatic heterocycles. The third kappa shape index (κ3) is 5.13. The van der Waals surface area contributed by atoms with Crippen molar-refractivity contribution in [3.8, 4) is 11.3 Å². The van der Waals surface area contributed by atoms with E-state index in [1.165, 1.54) is 18.0 Å². The van der Waals surface area contributed by atoms with Crippen LogP contribution in [0.1, 0.15) is 31.7 Å². The summed E-state index contributed by atoms with van der Waals surface area (Å²) in [7, 11) is 1.43. The number of methoxy groups -OCH3 is 1. The van der Waals surface area contributed by atoms with Gasteiger partial charge in [0.25, 0.3) is 0 Å². The number of aliphatic hydroxyl groups is 2. The summed E-state index contributed by atoms with van der Waals surface area (Å²) in [6, 6.07) is 0.701. The topological polar surface area (TPSA) is 140 Å². The second-order valence-electron chi connectivity index (χ2n) is 9.70. The van der Waals surface area contributed by atoms with Gasteiger partial charge >= 0.3 is 0 Å². The molecule has 0 unspecified atom stereocenters. The number of aliphatic hydroxyl groups excluding tert-OH is 2. The Kier molecular flexibility index (Phi) is 7.66. The number of oxime groups is 1. The molecule has 14 heteroatoms. The van der Waals surface area contributed by atoms with Crippen LogP contribution in [0, 0.1) is 23.4 Å². The Morgan fingerprint density at radius 3 is 2.66 bits per heavy atom. The van der Waals surface area contributed by atoms with Crippen LogP contribution in [0.2, 0.25) is 0 Å². The number of hydrogen-bond donors (Lipinski definition) is 3. The number of rotatable bonds is 7. The van der Waals surface area contributed by atoms with Crippen LogP contribution in [0.25, 0.3) is 11.3 Å². The number of nitrogens with one attached hydrogen (secondary N) is 1. The Morgan fingerprint density at radius 1 is 1.21 bits per heavy atom. The molecule has 1 amide bonds. The van der Waals surface area contributed by atoms with Crippen molar-refractivity contribution >= 4 is 11.6 Å². The number of benzene rings is 1. The van der Waals surface area contributed by atoms with Crippen LogP contribution in [0.15, 0.2) is 23.5 Å². The van der Waals surface area contributed by atoms with Crippen molar-refractivity contribution in [2.75, 3.05) is 20.3 Å². The molecular formula is C24H28F3N5O6. The van der Waals surface area contributed by atoms with Crippen LogP contribution in [-0.4, -0.2) is 87.6 Å². The summed E-state index contributed by atoms with van der Waals surface area (Å²) in [6.07, 6.45) is -0.784. The minimum Gasteiger partial charge on any atom is -0.394 e. The predicted octanol–water partition coefficient (Wildman–Crippen LogP) is 1.10. The number of nitrogens with zero attached hydrogens (tertiary/aromatic N) is 4. The maximum atomic E-state index is 13.8. The first-order chi connectivity index (χ1) is 18.3. The third-order valence-corrected chi connectivity index (χ3v) is 7.30. The summed E-state index contributed by atoms with van der Waals surface area (Å²) in [5.41, 5.74) is 0.811. The van der Waals surface area contributed by atoms with Gasteiger partial charge in [-0.25, -0.2) is 17.9 Å². The summed E-state index contributed by atoms with van der Waals surface area (Å²) in [6.45, 7) is 0.0878. The Labute approximate surface area is 215 Å². The molecule has 1 aromatic heterocycles. The summed E-state index contributed by atoms with van der Waals surface area (Å²) in [4.78, 5) is 17.4. The highest BCUT2D eigenvalue weighted by molar-refractivity contribution is 5.92. The van der Waals surface area contributed by atoms with Crippen LogP contribution in [0.5, 0.6) is 0 Å². The lowest BCUT2D eigenvalue weighted by molar-refractivity contribution is -0.219. The van der Waals surface area contributed by atoms with Gasteiger partial charge in [0.2, 0.25) is 5.91 Å². The van der Waals surface area contributed by atoms with E-state index in [1.54, 1.807) is 0 Å². The molecule has 0 spiro atoms. The van der Waals surface area contributed by atoms with E-state index in [1.807, 2.05) is 0 Å². The number of piperidine rings is 1. The third-order valence-electron chi connectivity index (χ3n) is 7.30. The fourth-order valence-corrected chi connectivity index (χ4v) is 5.36. The van der Waals surface area contributed by atoms with Crippen molar-refractivity contribution in [1.29, 1.82) is 0 Å². The van der Waals surface area contributed by atoms with Crippen molar-refractivity contribution in [3.05, 3.63) is 35.8 Å². The highest BCUT2D eigenvalue weighted by Crippen LogP contribution is 2.36. The van der Waals surface area contributed by atoms with E-state index in [2.05, 4.69) is 20.8 Å². The summed E-state index contributed by atoms with van der Waals surface area (Å²) in [5, 5.41) is 35.8. The van der Waals surface area contributed by atoms with Gasteiger partial charge in [-0.2, -0.15) is 0 Å². The van der Waals surface area contributed by atoms with Gasteiger partial charge < -0.3 is 29.8 Å². The first kappa shape index (κ1) is 26.5. The maximum absolute atomic E-state index is 13.8. The van der Waals surface area contributed by atoms with Gasteiger partial charge in [0.05, 0.1) is 24.6 Å². The largest absolute Gasteiger partial charge is 0.394 e. The molecule has 4 heterocycles. The molecule has 11 nitrogen and oxygen atoms in total. The second kappa shape index (κ2) is 11.0. The van der Waals surface area contributed by atoms with E-state index >= 15 is 0 Å². The molecule has 2 fully saturated rings. The molecule has 206 valence electrons. The quantitative estimate of drug-likeness (QED) is 0.445. The predicted molar refractivity (Wildman–Crippen MR) is 124 cm³/mol. The minimum atomic E-state index is -1.60. The first-order valence-electron chi connectivity index (χ1n) is 12.3. The molecule has 5 rings (SSSR count). The van der Waals surface area contributed by atoms with Gasteiger partial charge in [-0.05, 0) is 18.6 Å². The lowest BCUT2D eigenvalue weighted by Crippen LogP contribution is -2.57. The number of carbonyl (C=O) groups is 1. The van der Waals surface area contributed by atoms with Crippen molar-refractivity contribution in [2.24, 2.45) is 11.1 Å². The van der Waals surface area contributed by atoms with Crippen molar-refractivity contribution in [2.45, 2.75) is 62.2 Å². The van der Waals surface area contributed by atoms with Gasteiger partial charge in [0.1, 0.15) is 36.2 Å². The fourth-order valence-electron chi connectivity index (χ4n) is 5.36. The monoisotopic (exact) mass is 539 g/mol. The Hall–Kier alpha value is -3.07. The maximum Gasteiger partial charge on any atom is 0.220 e. The van der Waals surface area contributed by atoms with Crippen LogP contribution < -0.4 is 5.32 Å². The Bertz CT molecular complexity index is 1190. The summed E-state index contributed by atoms with van der Waals surface area (Å²) in [5.74, 6) is -4.36. The molecule has 1 aromatic carbocycles. The van der Waals surface area contributed by atoms with Crippen LogP contribution in [0.4, 0.5) is 13.2 Å². The minimum absolute atomic E-state index is 0.00807. The van der Waals surface area contributed by atoms with Gasteiger partial charge in [0.15, 0.2) is 17.5 Å². The average molecular weight is 540 g/mol. The molecule has 7 atom stereocenters. The number of hydrogen-bond acceptors (Lipinski definition) is 9. The number of aromatic nitrogens is 3. The standard InChI is InChI=1S/C24H28F3N5O6/c1-36-24-18(8-13-7-16(30-38-13)11-2-3-28-20(34)6-11)37-19(10-33)23(35)22(24)32-9-17(29-31-32)12-4-14(25)21(27)15(26)5-12/h4-5,9,11,13,18-19,22-24,33,35H,2-3,6-8,10H2,1H3,(H,28,34)/t11-,13-,18-,19-,22+,23+,24+/m1/s1. The van der Waals surface area contributed by atoms with E-state index < -0.39 is 54.5 Å². The molecule has 0 radical (unpaired) electrons. The van der Waals surface area contributed by atoms with Crippen LogP contribution >= 0.6 is 0 Å². The van der Waals surface area contributed by atoms with Crippen molar-refractivity contribution < 1.29 is 42.5 Å². The van der Waals surface area contributed by atoms with E-state index in [-0.39, 0.29) is 29.2 Å². The fraction of sp³-hybridized carbons (Fsp3) is 0.583. The molecular weight excluding hydrogens is 511 g/mol.